The van der Waals surface area contributed by atoms with Crippen molar-refractivity contribution in [3.05, 3.63) is 54.1 Å². The van der Waals surface area contributed by atoms with E-state index in [0.29, 0.717) is 34.4 Å². The molecule has 3 aromatic carbocycles. The largest absolute Gasteiger partial charge is 0.504 e. The van der Waals surface area contributed by atoms with Gasteiger partial charge in [0.1, 0.15) is 5.75 Å². The summed E-state index contributed by atoms with van der Waals surface area (Å²) >= 11 is 0. The number of phenolic OH excluding ortho intramolecular Hbond substituents is 1. The van der Waals surface area contributed by atoms with Crippen LogP contribution < -0.4 is 9.47 Å². The molecule has 0 amide bonds. The fraction of sp³-hybridized carbons (Fsp3) is 0.190. The second kappa shape index (κ2) is 6.85. The molecule has 0 atom stereocenters. The third-order valence-electron chi connectivity index (χ3n) is 4.06. The number of carbonyl (C=O) groups excluding carboxylic acids is 1. The van der Waals surface area contributed by atoms with Crippen LogP contribution in [0.4, 0.5) is 0 Å². The van der Waals surface area contributed by atoms with Crippen LogP contribution in [0.2, 0.25) is 0 Å². The molecule has 0 spiro atoms. The lowest BCUT2D eigenvalue weighted by Gasteiger charge is -2.19. The molecule has 0 heterocycles. The van der Waals surface area contributed by atoms with Crippen molar-refractivity contribution in [3.8, 4) is 28.4 Å². The number of fused-ring (bicyclic) bond motifs is 1. The van der Waals surface area contributed by atoms with Crippen LogP contribution in [-0.4, -0.2) is 17.7 Å². The molecule has 3 rings (SSSR count). The Labute approximate surface area is 146 Å². The molecule has 4 heteroatoms. The summed E-state index contributed by atoms with van der Waals surface area (Å²) in [6.07, 6.45) is 0. The zero-order valence-electron chi connectivity index (χ0n) is 14.5. The van der Waals surface area contributed by atoms with Gasteiger partial charge in [0.15, 0.2) is 11.5 Å². The molecular weight excluding hydrogens is 316 g/mol. The summed E-state index contributed by atoms with van der Waals surface area (Å²) in [4.78, 5) is 11.7. The number of ether oxygens (including phenoxy) is 2. The Morgan fingerprint density at radius 1 is 1.04 bits per heavy atom. The standard InChI is InChI=1S/C21H20O4/c1-4-24-21-13(2)20(25-14(3)22)18-16(15-9-6-5-7-10-15)11-8-12-17(18)19(21)23/h5-12,23H,4H2,1-3H3. The fourth-order valence-electron chi connectivity index (χ4n) is 3.04. The first kappa shape index (κ1) is 16.8. The first-order valence-corrected chi connectivity index (χ1v) is 8.19. The van der Waals surface area contributed by atoms with Crippen molar-refractivity contribution >= 4 is 16.7 Å². The number of aromatic hydroxyl groups is 1. The number of esters is 1. The predicted octanol–water partition coefficient (Wildman–Crippen LogP) is 4.84. The first-order chi connectivity index (χ1) is 12.0. The van der Waals surface area contributed by atoms with E-state index in [2.05, 4.69) is 0 Å². The van der Waals surface area contributed by atoms with Crippen molar-refractivity contribution in [3.63, 3.8) is 0 Å². The van der Waals surface area contributed by atoms with Gasteiger partial charge in [0.05, 0.1) is 6.61 Å². The molecule has 0 aliphatic rings. The topological polar surface area (TPSA) is 55.8 Å². The van der Waals surface area contributed by atoms with Crippen molar-refractivity contribution in [2.45, 2.75) is 20.8 Å². The van der Waals surface area contributed by atoms with Gasteiger partial charge in [0.25, 0.3) is 0 Å². The molecule has 4 nitrogen and oxygen atoms in total. The number of phenols is 1. The van der Waals surface area contributed by atoms with E-state index in [0.717, 1.165) is 11.1 Å². The minimum atomic E-state index is -0.416. The fourth-order valence-corrected chi connectivity index (χ4v) is 3.04. The van der Waals surface area contributed by atoms with Gasteiger partial charge in [0.2, 0.25) is 0 Å². The minimum absolute atomic E-state index is 0.0584. The van der Waals surface area contributed by atoms with Crippen LogP contribution in [0.3, 0.4) is 0 Å². The summed E-state index contributed by atoms with van der Waals surface area (Å²) < 4.78 is 11.1. The van der Waals surface area contributed by atoms with Crippen molar-refractivity contribution in [2.24, 2.45) is 0 Å². The monoisotopic (exact) mass is 336 g/mol. The van der Waals surface area contributed by atoms with E-state index < -0.39 is 5.97 Å². The normalized spacial score (nSPS) is 10.7. The third-order valence-corrected chi connectivity index (χ3v) is 4.06. The van der Waals surface area contributed by atoms with Crippen molar-refractivity contribution < 1.29 is 19.4 Å². The first-order valence-electron chi connectivity index (χ1n) is 8.19. The van der Waals surface area contributed by atoms with Gasteiger partial charge in [-0.15, -0.1) is 0 Å². The van der Waals surface area contributed by atoms with Gasteiger partial charge in [-0.25, -0.2) is 0 Å². The SMILES string of the molecule is CCOc1c(C)c(OC(C)=O)c2c(-c3ccccc3)cccc2c1O. The van der Waals surface area contributed by atoms with Gasteiger partial charge in [-0.05, 0) is 25.0 Å². The molecule has 0 saturated heterocycles. The highest BCUT2D eigenvalue weighted by Crippen LogP contribution is 2.48. The molecule has 0 bridgehead atoms. The van der Waals surface area contributed by atoms with E-state index in [1.165, 1.54) is 6.92 Å². The Morgan fingerprint density at radius 2 is 1.76 bits per heavy atom. The molecule has 0 aromatic heterocycles. The predicted molar refractivity (Wildman–Crippen MR) is 98.3 cm³/mol. The molecule has 128 valence electrons. The van der Waals surface area contributed by atoms with Crippen molar-refractivity contribution in [2.75, 3.05) is 6.61 Å². The van der Waals surface area contributed by atoms with Crippen LogP contribution in [0.5, 0.6) is 17.2 Å². The maximum atomic E-state index is 11.7. The average molecular weight is 336 g/mol. The molecule has 0 unspecified atom stereocenters. The third kappa shape index (κ3) is 3.03. The summed E-state index contributed by atoms with van der Waals surface area (Å²) in [5.41, 5.74) is 2.46. The molecule has 0 aliphatic heterocycles. The summed E-state index contributed by atoms with van der Waals surface area (Å²) in [5, 5.41) is 12.0. The van der Waals surface area contributed by atoms with Gasteiger partial charge in [-0.2, -0.15) is 0 Å². The van der Waals surface area contributed by atoms with Crippen molar-refractivity contribution in [1.82, 2.24) is 0 Å². The van der Waals surface area contributed by atoms with Crippen LogP contribution >= 0.6 is 0 Å². The molecule has 0 aliphatic carbocycles. The van der Waals surface area contributed by atoms with E-state index in [1.54, 1.807) is 13.0 Å². The van der Waals surface area contributed by atoms with Gasteiger partial charge in [0, 0.05) is 23.3 Å². The summed E-state index contributed by atoms with van der Waals surface area (Å²) in [7, 11) is 0. The Morgan fingerprint density at radius 3 is 2.40 bits per heavy atom. The zero-order valence-corrected chi connectivity index (χ0v) is 14.5. The molecule has 25 heavy (non-hydrogen) atoms. The maximum absolute atomic E-state index is 11.7. The van der Waals surface area contributed by atoms with E-state index in [1.807, 2.05) is 49.4 Å². The number of rotatable bonds is 4. The van der Waals surface area contributed by atoms with Crippen LogP contribution in [0.25, 0.3) is 21.9 Å². The lowest BCUT2D eigenvalue weighted by Crippen LogP contribution is -2.06. The number of hydrogen-bond acceptors (Lipinski definition) is 4. The zero-order chi connectivity index (χ0) is 18.0. The molecular formula is C21H20O4. The quantitative estimate of drug-likeness (QED) is 0.547. The van der Waals surface area contributed by atoms with Gasteiger partial charge < -0.3 is 14.6 Å². The average Bonchev–Trinajstić information content (AvgIpc) is 2.62. The summed E-state index contributed by atoms with van der Waals surface area (Å²) in [6.45, 7) is 5.39. The number of hydrogen-bond donors (Lipinski definition) is 1. The Bertz CT molecular complexity index is 930. The van der Waals surface area contributed by atoms with E-state index in [9.17, 15) is 9.90 Å². The molecule has 0 saturated carbocycles. The Balaban J connectivity index is 2.43. The molecule has 0 fully saturated rings. The van der Waals surface area contributed by atoms with Gasteiger partial charge in [-0.3, -0.25) is 4.79 Å². The van der Waals surface area contributed by atoms with Gasteiger partial charge >= 0.3 is 5.97 Å². The number of carbonyl (C=O) groups is 1. The Hall–Kier alpha value is -3.01. The smallest absolute Gasteiger partial charge is 0.308 e. The van der Waals surface area contributed by atoms with Crippen LogP contribution in [-0.2, 0) is 4.79 Å². The lowest BCUT2D eigenvalue weighted by atomic mass is 9.94. The van der Waals surface area contributed by atoms with Crippen LogP contribution in [0.1, 0.15) is 19.4 Å². The molecule has 3 aromatic rings. The van der Waals surface area contributed by atoms with Gasteiger partial charge in [-0.1, -0.05) is 48.5 Å². The van der Waals surface area contributed by atoms with E-state index >= 15 is 0 Å². The highest BCUT2D eigenvalue weighted by Gasteiger charge is 2.22. The summed E-state index contributed by atoms with van der Waals surface area (Å²) in [6, 6.07) is 15.4. The Kier molecular flexibility index (Phi) is 4.61. The van der Waals surface area contributed by atoms with E-state index in [-0.39, 0.29) is 5.75 Å². The molecule has 0 radical (unpaired) electrons. The second-order valence-corrected chi connectivity index (χ2v) is 5.75. The minimum Gasteiger partial charge on any atom is -0.504 e. The van der Waals surface area contributed by atoms with Crippen LogP contribution in [0.15, 0.2) is 48.5 Å². The molecule has 1 N–H and O–H groups in total. The van der Waals surface area contributed by atoms with E-state index in [4.69, 9.17) is 9.47 Å². The highest BCUT2D eigenvalue weighted by atomic mass is 16.5. The lowest BCUT2D eigenvalue weighted by molar-refractivity contribution is -0.131. The highest BCUT2D eigenvalue weighted by molar-refractivity contribution is 6.06. The number of benzene rings is 3. The second-order valence-electron chi connectivity index (χ2n) is 5.75. The van der Waals surface area contributed by atoms with Crippen LogP contribution in [0, 0.1) is 6.92 Å². The summed E-state index contributed by atoms with van der Waals surface area (Å²) in [5.74, 6) is 0.406. The van der Waals surface area contributed by atoms with Crippen molar-refractivity contribution in [1.29, 1.82) is 0 Å². The maximum Gasteiger partial charge on any atom is 0.308 e.